The molecule has 1 aromatic carbocycles. The zero-order valence-corrected chi connectivity index (χ0v) is 11.6. The van der Waals surface area contributed by atoms with Crippen LogP contribution < -0.4 is 10.1 Å². The van der Waals surface area contributed by atoms with Gasteiger partial charge in [0.1, 0.15) is 21.3 Å². The quantitative estimate of drug-likeness (QED) is 0.463. The van der Waals surface area contributed by atoms with E-state index in [-0.39, 0.29) is 11.4 Å². The van der Waals surface area contributed by atoms with Gasteiger partial charge in [0.2, 0.25) is 0 Å². The summed E-state index contributed by atoms with van der Waals surface area (Å²) >= 11 is 0. The normalized spacial score (nSPS) is 11.1. The summed E-state index contributed by atoms with van der Waals surface area (Å²) in [6.07, 6.45) is 1.54. The minimum atomic E-state index is -3.02. The molecule has 1 rings (SSSR count). The summed E-state index contributed by atoms with van der Waals surface area (Å²) in [7, 11) is -1.55. The largest absolute Gasteiger partial charge is 0.497 e. The maximum absolute atomic E-state index is 11.0. The molecule has 0 atom stereocenters. The molecule has 0 radical (unpaired) electrons. The second kappa shape index (κ2) is 6.37. The minimum absolute atomic E-state index is 0.0395. The van der Waals surface area contributed by atoms with Gasteiger partial charge < -0.3 is 10.1 Å². The Hall–Kier alpha value is -1.83. The fourth-order valence-corrected chi connectivity index (χ4v) is 2.17. The van der Waals surface area contributed by atoms with Gasteiger partial charge in [-0.15, -0.1) is 0 Å². The molecule has 8 heteroatoms. The Balaban J connectivity index is 2.72. The Morgan fingerprint density at radius 3 is 2.63 bits per heavy atom. The maximum atomic E-state index is 11.0. The van der Waals surface area contributed by atoms with E-state index in [1.165, 1.54) is 25.3 Å². The number of anilines is 1. The highest BCUT2D eigenvalue weighted by Crippen LogP contribution is 2.28. The van der Waals surface area contributed by atoms with Gasteiger partial charge in [0.05, 0.1) is 17.8 Å². The monoisotopic (exact) mass is 288 g/mol. The SMILES string of the molecule is COc1ccc([N+](=O)[O-])c(NCCCS(C)(=O)=O)c1. The number of benzene rings is 1. The summed E-state index contributed by atoms with van der Waals surface area (Å²) in [5, 5.41) is 13.7. The van der Waals surface area contributed by atoms with Crippen molar-refractivity contribution in [3.05, 3.63) is 28.3 Å². The van der Waals surface area contributed by atoms with Gasteiger partial charge in [-0.1, -0.05) is 0 Å². The highest BCUT2D eigenvalue weighted by atomic mass is 32.2. The van der Waals surface area contributed by atoms with Crippen molar-refractivity contribution in [3.8, 4) is 5.75 Å². The maximum Gasteiger partial charge on any atom is 0.292 e. The highest BCUT2D eigenvalue weighted by Gasteiger charge is 2.14. The van der Waals surface area contributed by atoms with E-state index >= 15 is 0 Å². The zero-order chi connectivity index (χ0) is 14.5. The Kier molecular flexibility index (Phi) is 5.11. The number of sulfone groups is 1. The van der Waals surface area contributed by atoms with Crippen molar-refractivity contribution in [1.82, 2.24) is 0 Å². The summed E-state index contributed by atoms with van der Waals surface area (Å²) in [4.78, 5) is 10.3. The number of nitrogens with one attached hydrogen (secondary N) is 1. The molecular formula is C11H16N2O5S. The third kappa shape index (κ3) is 5.12. The van der Waals surface area contributed by atoms with E-state index in [1.807, 2.05) is 0 Å². The molecule has 0 amide bonds. The van der Waals surface area contributed by atoms with Crippen LogP contribution in [0.4, 0.5) is 11.4 Å². The Morgan fingerprint density at radius 1 is 1.42 bits per heavy atom. The first-order valence-corrected chi connectivity index (χ1v) is 7.63. The molecule has 0 saturated heterocycles. The molecule has 106 valence electrons. The summed E-state index contributed by atoms with van der Waals surface area (Å²) in [5.41, 5.74) is 0.248. The van der Waals surface area contributed by atoms with Crippen molar-refractivity contribution in [2.24, 2.45) is 0 Å². The number of ether oxygens (including phenoxy) is 1. The molecule has 7 nitrogen and oxygen atoms in total. The topological polar surface area (TPSA) is 98.5 Å². The predicted octanol–water partition coefficient (Wildman–Crippen LogP) is 1.45. The second-order valence-electron chi connectivity index (χ2n) is 4.05. The van der Waals surface area contributed by atoms with E-state index < -0.39 is 14.8 Å². The average Bonchev–Trinajstić information content (AvgIpc) is 2.33. The molecule has 19 heavy (non-hydrogen) atoms. The lowest BCUT2D eigenvalue weighted by atomic mass is 10.2. The van der Waals surface area contributed by atoms with E-state index in [0.717, 1.165) is 6.26 Å². The minimum Gasteiger partial charge on any atom is -0.497 e. The zero-order valence-electron chi connectivity index (χ0n) is 10.8. The second-order valence-corrected chi connectivity index (χ2v) is 6.31. The first kappa shape index (κ1) is 15.2. The number of hydrogen-bond acceptors (Lipinski definition) is 6. The van der Waals surface area contributed by atoms with Gasteiger partial charge in [0.25, 0.3) is 5.69 Å². The summed E-state index contributed by atoms with van der Waals surface area (Å²) < 4.78 is 26.9. The van der Waals surface area contributed by atoms with E-state index in [0.29, 0.717) is 24.4 Å². The Labute approximate surface area is 111 Å². The van der Waals surface area contributed by atoms with Crippen LogP contribution in [0, 0.1) is 10.1 Å². The number of methoxy groups -OCH3 is 1. The molecule has 0 unspecified atom stereocenters. The van der Waals surface area contributed by atoms with E-state index in [2.05, 4.69) is 5.32 Å². The molecule has 0 saturated carbocycles. The van der Waals surface area contributed by atoms with E-state index in [4.69, 9.17) is 4.74 Å². The van der Waals surface area contributed by atoms with Crippen molar-refractivity contribution < 1.29 is 18.1 Å². The van der Waals surface area contributed by atoms with Crippen LogP contribution in [0.5, 0.6) is 5.75 Å². The van der Waals surface area contributed by atoms with Gasteiger partial charge in [-0.05, 0) is 12.5 Å². The molecule has 0 bridgehead atoms. The van der Waals surface area contributed by atoms with Gasteiger partial charge in [-0.2, -0.15) is 0 Å². The van der Waals surface area contributed by atoms with Crippen molar-refractivity contribution in [1.29, 1.82) is 0 Å². The molecular weight excluding hydrogens is 272 g/mol. The van der Waals surface area contributed by atoms with Crippen LogP contribution in [0.1, 0.15) is 6.42 Å². The molecule has 0 aliphatic heterocycles. The van der Waals surface area contributed by atoms with Gasteiger partial charge in [-0.3, -0.25) is 10.1 Å². The van der Waals surface area contributed by atoms with Crippen LogP contribution >= 0.6 is 0 Å². The lowest BCUT2D eigenvalue weighted by Gasteiger charge is -2.08. The predicted molar refractivity (Wildman–Crippen MR) is 72.5 cm³/mol. The number of rotatable bonds is 7. The molecule has 0 aliphatic carbocycles. The molecule has 1 N–H and O–H groups in total. The van der Waals surface area contributed by atoms with Gasteiger partial charge in [-0.25, -0.2) is 8.42 Å². The number of nitro groups is 1. The fraction of sp³-hybridized carbons (Fsp3) is 0.455. The summed E-state index contributed by atoms with van der Waals surface area (Å²) in [6.45, 7) is 0.334. The molecule has 0 aliphatic rings. The Morgan fingerprint density at radius 2 is 2.11 bits per heavy atom. The van der Waals surface area contributed by atoms with Crippen LogP contribution in [0.3, 0.4) is 0 Å². The highest BCUT2D eigenvalue weighted by molar-refractivity contribution is 7.90. The van der Waals surface area contributed by atoms with Gasteiger partial charge >= 0.3 is 0 Å². The van der Waals surface area contributed by atoms with E-state index in [1.54, 1.807) is 0 Å². The lowest BCUT2D eigenvalue weighted by molar-refractivity contribution is -0.384. The molecule has 0 aromatic heterocycles. The smallest absolute Gasteiger partial charge is 0.292 e. The van der Waals surface area contributed by atoms with Crippen LogP contribution in [0.25, 0.3) is 0 Å². The van der Waals surface area contributed by atoms with Crippen molar-refractivity contribution in [3.63, 3.8) is 0 Å². The van der Waals surface area contributed by atoms with Crippen LogP contribution in [0.2, 0.25) is 0 Å². The van der Waals surface area contributed by atoms with Crippen molar-refractivity contribution in [2.45, 2.75) is 6.42 Å². The fourth-order valence-electron chi connectivity index (χ4n) is 1.50. The summed E-state index contributed by atoms with van der Waals surface area (Å²) in [5.74, 6) is 0.536. The average molecular weight is 288 g/mol. The van der Waals surface area contributed by atoms with Gasteiger partial charge in [0, 0.05) is 24.9 Å². The molecule has 0 spiro atoms. The van der Waals surface area contributed by atoms with Crippen LogP contribution in [-0.2, 0) is 9.84 Å². The summed E-state index contributed by atoms with van der Waals surface area (Å²) in [6, 6.07) is 4.36. The number of nitrogens with zero attached hydrogens (tertiary/aromatic N) is 1. The molecule has 0 heterocycles. The van der Waals surface area contributed by atoms with Gasteiger partial charge in [0.15, 0.2) is 0 Å². The number of nitro benzene ring substituents is 1. The third-order valence-electron chi connectivity index (χ3n) is 2.41. The lowest BCUT2D eigenvalue weighted by Crippen LogP contribution is -2.10. The first-order chi connectivity index (χ1) is 8.83. The molecule has 0 fully saturated rings. The number of hydrogen-bond donors (Lipinski definition) is 1. The Bertz CT molecular complexity index is 556. The third-order valence-corrected chi connectivity index (χ3v) is 3.44. The van der Waals surface area contributed by atoms with Crippen molar-refractivity contribution in [2.75, 3.05) is 31.0 Å². The standard InChI is InChI=1S/C11H16N2O5S/c1-18-9-4-5-11(13(14)15)10(8-9)12-6-3-7-19(2,16)17/h4-5,8,12H,3,6-7H2,1-2H3. The molecule has 1 aromatic rings. The van der Waals surface area contributed by atoms with E-state index in [9.17, 15) is 18.5 Å². The first-order valence-electron chi connectivity index (χ1n) is 5.57. The van der Waals surface area contributed by atoms with Crippen molar-refractivity contribution >= 4 is 21.2 Å². The van der Waals surface area contributed by atoms with Crippen LogP contribution in [-0.4, -0.2) is 39.0 Å². The van der Waals surface area contributed by atoms with Crippen LogP contribution in [0.15, 0.2) is 18.2 Å².